The van der Waals surface area contributed by atoms with E-state index in [0.29, 0.717) is 34.5 Å². The van der Waals surface area contributed by atoms with Gasteiger partial charge in [-0.1, -0.05) is 39.8 Å². The van der Waals surface area contributed by atoms with Crippen LogP contribution in [0.1, 0.15) is 11.1 Å². The maximum Gasteiger partial charge on any atom is 0.270 e. The number of H-pyrrole nitrogens is 1. The van der Waals surface area contributed by atoms with Crippen molar-refractivity contribution >= 4 is 27.7 Å². The number of methoxy groups -OCH3 is 1. The van der Waals surface area contributed by atoms with Crippen molar-refractivity contribution in [1.29, 1.82) is 5.26 Å². The highest BCUT2D eigenvalue weighted by Gasteiger charge is 2.15. The van der Waals surface area contributed by atoms with Crippen LogP contribution in [0.3, 0.4) is 0 Å². The SMILES string of the molecule is COc1cc(-c2nc(SC)[nH]c(=O)c2C#N)ccc1OCc1ccc(Br)cc1. The predicted molar refractivity (Wildman–Crippen MR) is 112 cm³/mol. The van der Waals surface area contributed by atoms with Gasteiger partial charge < -0.3 is 14.5 Å². The molecule has 0 saturated heterocycles. The summed E-state index contributed by atoms with van der Waals surface area (Å²) in [6.07, 6.45) is 1.80. The second kappa shape index (κ2) is 8.95. The van der Waals surface area contributed by atoms with E-state index in [0.717, 1.165) is 10.0 Å². The first-order valence-electron chi connectivity index (χ1n) is 8.19. The molecule has 28 heavy (non-hydrogen) atoms. The molecule has 3 aromatic rings. The molecule has 6 nitrogen and oxygen atoms in total. The van der Waals surface area contributed by atoms with Crippen LogP contribution in [0.15, 0.2) is 56.9 Å². The molecule has 0 unspecified atom stereocenters. The molecular formula is C20H16BrN3O3S. The molecule has 0 bridgehead atoms. The number of nitriles is 1. The Morgan fingerprint density at radius 2 is 1.96 bits per heavy atom. The molecule has 0 amide bonds. The number of halogens is 1. The Hall–Kier alpha value is -2.76. The van der Waals surface area contributed by atoms with Gasteiger partial charge in [0.25, 0.3) is 5.56 Å². The van der Waals surface area contributed by atoms with E-state index in [1.54, 1.807) is 24.5 Å². The fraction of sp³-hybridized carbons (Fsp3) is 0.150. The molecule has 1 aromatic heterocycles. The number of nitrogens with one attached hydrogen (secondary N) is 1. The smallest absolute Gasteiger partial charge is 0.270 e. The van der Waals surface area contributed by atoms with Crippen molar-refractivity contribution in [2.75, 3.05) is 13.4 Å². The van der Waals surface area contributed by atoms with Crippen molar-refractivity contribution < 1.29 is 9.47 Å². The molecule has 0 aliphatic rings. The van der Waals surface area contributed by atoms with Crippen molar-refractivity contribution in [3.05, 3.63) is 68.4 Å². The number of ether oxygens (including phenoxy) is 2. The van der Waals surface area contributed by atoms with Gasteiger partial charge in [-0.05, 0) is 42.2 Å². The molecule has 0 fully saturated rings. The second-order valence-electron chi connectivity index (χ2n) is 5.69. The first-order valence-corrected chi connectivity index (χ1v) is 10.2. The van der Waals surface area contributed by atoms with Crippen LogP contribution >= 0.6 is 27.7 Å². The first kappa shape index (κ1) is 20.0. The van der Waals surface area contributed by atoms with Crippen LogP contribution in [0, 0.1) is 11.3 Å². The third kappa shape index (κ3) is 4.38. The summed E-state index contributed by atoms with van der Waals surface area (Å²) in [6.45, 7) is 0.381. The van der Waals surface area contributed by atoms with Crippen molar-refractivity contribution in [2.45, 2.75) is 11.8 Å². The molecular weight excluding hydrogens is 442 g/mol. The summed E-state index contributed by atoms with van der Waals surface area (Å²) in [5.41, 5.74) is 1.43. The fourth-order valence-corrected chi connectivity index (χ4v) is 3.18. The van der Waals surface area contributed by atoms with E-state index < -0.39 is 5.56 Å². The van der Waals surface area contributed by atoms with Gasteiger partial charge in [-0.2, -0.15) is 5.26 Å². The zero-order valence-electron chi connectivity index (χ0n) is 15.2. The monoisotopic (exact) mass is 457 g/mol. The summed E-state index contributed by atoms with van der Waals surface area (Å²) in [6, 6.07) is 15.0. The van der Waals surface area contributed by atoms with Crippen molar-refractivity contribution in [2.24, 2.45) is 0 Å². The molecule has 142 valence electrons. The highest BCUT2D eigenvalue weighted by Crippen LogP contribution is 2.33. The number of thioether (sulfide) groups is 1. The molecule has 0 aliphatic heterocycles. The molecule has 0 radical (unpaired) electrons. The molecule has 1 N–H and O–H groups in total. The van der Waals surface area contributed by atoms with Crippen molar-refractivity contribution in [3.63, 3.8) is 0 Å². The van der Waals surface area contributed by atoms with Gasteiger partial charge in [0.15, 0.2) is 16.7 Å². The predicted octanol–water partition coefficient (Wildman–Crippen LogP) is 4.38. The first-order chi connectivity index (χ1) is 13.5. The average molecular weight is 458 g/mol. The van der Waals surface area contributed by atoms with Crippen LogP contribution < -0.4 is 15.0 Å². The number of rotatable bonds is 6. The summed E-state index contributed by atoms with van der Waals surface area (Å²) in [4.78, 5) is 19.1. The average Bonchev–Trinajstić information content (AvgIpc) is 2.72. The highest BCUT2D eigenvalue weighted by atomic mass is 79.9. The summed E-state index contributed by atoms with van der Waals surface area (Å²) in [5.74, 6) is 1.05. The molecule has 0 saturated carbocycles. The minimum absolute atomic E-state index is 0.0385. The number of hydrogen-bond donors (Lipinski definition) is 1. The molecule has 2 aromatic carbocycles. The summed E-state index contributed by atoms with van der Waals surface area (Å²) in [5, 5.41) is 9.80. The van der Waals surface area contributed by atoms with Crippen LogP contribution in [0.5, 0.6) is 11.5 Å². The molecule has 1 heterocycles. The van der Waals surface area contributed by atoms with Gasteiger partial charge in [0.1, 0.15) is 18.2 Å². The lowest BCUT2D eigenvalue weighted by Crippen LogP contribution is -2.14. The van der Waals surface area contributed by atoms with Crippen LogP contribution in [0.4, 0.5) is 0 Å². The molecule has 3 rings (SSSR count). The van der Waals surface area contributed by atoms with E-state index in [9.17, 15) is 10.1 Å². The standard InChI is InChI=1S/C20H16BrN3O3S/c1-26-17-9-13(18-15(10-22)19(25)24-20(23-18)28-2)5-8-16(17)27-11-12-3-6-14(21)7-4-12/h3-9H,11H2,1-2H3,(H,23,24,25). The van der Waals surface area contributed by atoms with E-state index in [1.807, 2.05) is 30.3 Å². The van der Waals surface area contributed by atoms with Crippen molar-refractivity contribution in [3.8, 4) is 28.8 Å². The van der Waals surface area contributed by atoms with E-state index in [1.165, 1.54) is 18.9 Å². The fourth-order valence-electron chi connectivity index (χ4n) is 2.54. The van der Waals surface area contributed by atoms with Crippen LogP contribution in [-0.4, -0.2) is 23.3 Å². The van der Waals surface area contributed by atoms with E-state index in [-0.39, 0.29) is 5.56 Å². The lowest BCUT2D eigenvalue weighted by atomic mass is 10.1. The third-order valence-corrected chi connectivity index (χ3v) is 5.06. The molecule has 0 atom stereocenters. The van der Waals surface area contributed by atoms with Gasteiger partial charge >= 0.3 is 0 Å². The van der Waals surface area contributed by atoms with Crippen LogP contribution in [0.2, 0.25) is 0 Å². The zero-order valence-corrected chi connectivity index (χ0v) is 17.6. The van der Waals surface area contributed by atoms with Gasteiger partial charge in [-0.3, -0.25) is 4.79 Å². The van der Waals surface area contributed by atoms with Gasteiger partial charge in [0.2, 0.25) is 0 Å². The molecule has 0 spiro atoms. The Kier molecular flexibility index (Phi) is 6.39. The maximum atomic E-state index is 12.1. The normalized spacial score (nSPS) is 10.4. The third-order valence-electron chi connectivity index (χ3n) is 3.95. The Morgan fingerprint density at radius 1 is 1.21 bits per heavy atom. The largest absolute Gasteiger partial charge is 0.493 e. The lowest BCUT2D eigenvalue weighted by molar-refractivity contribution is 0.284. The number of nitrogens with zero attached hydrogens (tertiary/aromatic N) is 2. The summed E-state index contributed by atoms with van der Waals surface area (Å²) < 4.78 is 12.3. The lowest BCUT2D eigenvalue weighted by Gasteiger charge is -2.13. The quantitative estimate of drug-likeness (QED) is 0.436. The van der Waals surface area contributed by atoms with Gasteiger partial charge in [0.05, 0.1) is 12.8 Å². The minimum Gasteiger partial charge on any atom is -0.493 e. The van der Waals surface area contributed by atoms with E-state index in [2.05, 4.69) is 25.9 Å². The van der Waals surface area contributed by atoms with Gasteiger partial charge in [-0.15, -0.1) is 0 Å². The summed E-state index contributed by atoms with van der Waals surface area (Å²) in [7, 11) is 1.54. The second-order valence-corrected chi connectivity index (χ2v) is 7.40. The topological polar surface area (TPSA) is 88.0 Å². The van der Waals surface area contributed by atoms with Crippen LogP contribution in [-0.2, 0) is 6.61 Å². The van der Waals surface area contributed by atoms with Gasteiger partial charge in [-0.25, -0.2) is 4.98 Å². The number of aromatic amines is 1. The number of hydrogen-bond acceptors (Lipinski definition) is 6. The number of aromatic nitrogens is 2. The van der Waals surface area contributed by atoms with Crippen molar-refractivity contribution in [1.82, 2.24) is 9.97 Å². The molecule has 8 heteroatoms. The van der Waals surface area contributed by atoms with E-state index in [4.69, 9.17) is 9.47 Å². The van der Waals surface area contributed by atoms with E-state index >= 15 is 0 Å². The Balaban J connectivity index is 1.93. The number of benzene rings is 2. The highest BCUT2D eigenvalue weighted by molar-refractivity contribution is 9.10. The minimum atomic E-state index is -0.466. The Morgan fingerprint density at radius 3 is 2.61 bits per heavy atom. The van der Waals surface area contributed by atoms with Gasteiger partial charge in [0, 0.05) is 10.0 Å². The van der Waals surface area contributed by atoms with Crippen LogP contribution in [0.25, 0.3) is 11.3 Å². The Labute approximate surface area is 174 Å². The zero-order chi connectivity index (χ0) is 20.1. The molecule has 0 aliphatic carbocycles. The Bertz CT molecular complexity index is 1090. The maximum absolute atomic E-state index is 12.1. The summed E-state index contributed by atoms with van der Waals surface area (Å²) >= 11 is 4.70.